The molecule has 5 aliphatic carbocycles. The third kappa shape index (κ3) is 3.14. The molecule has 8 atom stereocenters. The van der Waals surface area contributed by atoms with Crippen molar-refractivity contribution in [2.24, 2.45) is 50.7 Å². The lowest BCUT2D eigenvalue weighted by molar-refractivity contribution is -0.232. The van der Waals surface area contributed by atoms with Gasteiger partial charge in [-0.15, -0.1) is 0 Å². The molecule has 0 radical (unpaired) electrons. The van der Waals surface area contributed by atoms with Gasteiger partial charge < -0.3 is 9.53 Å². The highest BCUT2D eigenvalue weighted by Gasteiger charge is 2.70. The van der Waals surface area contributed by atoms with E-state index in [1.807, 2.05) is 0 Å². The molecule has 0 saturated heterocycles. The van der Waals surface area contributed by atoms with Gasteiger partial charge >= 0.3 is 5.97 Å². The normalized spacial score (nSPS) is 47.5. The third-order valence-corrected chi connectivity index (χ3v) is 13.0. The van der Waals surface area contributed by atoms with Gasteiger partial charge in [0.2, 0.25) is 0 Å². The SMILES string of the molecule is CC(=O)O[C@H]1CCC2(C)[C@H]3CC[C@@H]4C5=C(C(C)C)C(=O)C[C@]5(C=O)CC[C@@]4(C)[C@]3(C)CC[C@H]2C1(C)C. The lowest BCUT2D eigenvalue weighted by Crippen LogP contribution is -2.65. The van der Waals surface area contributed by atoms with Crippen LogP contribution in [0.2, 0.25) is 0 Å². The molecule has 4 fully saturated rings. The number of aldehydes is 1. The second-order valence-corrected chi connectivity index (χ2v) is 14.9. The van der Waals surface area contributed by atoms with Gasteiger partial charge in [0.05, 0.1) is 5.41 Å². The summed E-state index contributed by atoms with van der Waals surface area (Å²) in [6, 6.07) is 0. The van der Waals surface area contributed by atoms with Crippen LogP contribution in [0.15, 0.2) is 11.1 Å². The van der Waals surface area contributed by atoms with E-state index in [1.54, 1.807) is 6.92 Å². The van der Waals surface area contributed by atoms with Crippen LogP contribution in [0.3, 0.4) is 0 Å². The number of ether oxygens (including phenoxy) is 1. The lowest BCUT2D eigenvalue weighted by atomic mass is 9.33. The van der Waals surface area contributed by atoms with E-state index in [1.165, 1.54) is 12.0 Å². The van der Waals surface area contributed by atoms with Gasteiger partial charge in [-0.2, -0.15) is 0 Å². The summed E-state index contributed by atoms with van der Waals surface area (Å²) in [7, 11) is 0. The number of hydrogen-bond acceptors (Lipinski definition) is 4. The molecular weight excluding hydrogens is 448 g/mol. The van der Waals surface area contributed by atoms with E-state index in [9.17, 15) is 14.4 Å². The van der Waals surface area contributed by atoms with E-state index < -0.39 is 5.41 Å². The van der Waals surface area contributed by atoms with Gasteiger partial charge in [-0.1, -0.05) is 48.5 Å². The first-order valence-electron chi connectivity index (χ1n) is 14.6. The van der Waals surface area contributed by atoms with Crippen molar-refractivity contribution in [3.63, 3.8) is 0 Å². The monoisotopic (exact) mass is 496 g/mol. The van der Waals surface area contributed by atoms with Crippen molar-refractivity contribution in [3.05, 3.63) is 11.1 Å². The maximum absolute atomic E-state index is 13.3. The largest absolute Gasteiger partial charge is 0.462 e. The van der Waals surface area contributed by atoms with Crippen molar-refractivity contribution in [3.8, 4) is 0 Å². The molecule has 1 unspecified atom stereocenters. The highest BCUT2D eigenvalue weighted by molar-refractivity contribution is 6.03. The molecule has 5 rings (SSSR count). The van der Waals surface area contributed by atoms with E-state index in [-0.39, 0.29) is 45.4 Å². The molecule has 5 aliphatic rings. The predicted molar refractivity (Wildman–Crippen MR) is 141 cm³/mol. The standard InChI is InChI=1S/C32H48O4/c1-19(2)26-22(35)17-32(18-33)16-15-30(7)21(27(26)32)9-10-24-29(6)13-12-25(36-20(3)34)28(4,5)23(29)11-14-31(24,30)8/h18-19,21,23-25H,9-17H2,1-8H3/t21-,23+,24-,25+,29?,30-,31-,32+/m1/s1. The maximum Gasteiger partial charge on any atom is 0.302 e. The molecule has 0 aromatic rings. The quantitative estimate of drug-likeness (QED) is 0.309. The summed E-state index contributed by atoms with van der Waals surface area (Å²) in [6.45, 7) is 18.1. The van der Waals surface area contributed by atoms with Crippen molar-refractivity contribution < 1.29 is 19.1 Å². The number of carbonyl (C=O) groups is 3. The molecule has 4 nitrogen and oxygen atoms in total. The summed E-state index contributed by atoms with van der Waals surface area (Å²) in [5.41, 5.74) is 2.12. The minimum Gasteiger partial charge on any atom is -0.462 e. The first-order chi connectivity index (χ1) is 16.7. The summed E-state index contributed by atoms with van der Waals surface area (Å²) >= 11 is 0. The Morgan fingerprint density at radius 3 is 2.22 bits per heavy atom. The van der Waals surface area contributed by atoms with E-state index in [4.69, 9.17) is 4.74 Å². The summed E-state index contributed by atoms with van der Waals surface area (Å²) in [6.07, 6.45) is 10.0. The Labute approximate surface area is 218 Å². The number of ketones is 1. The summed E-state index contributed by atoms with van der Waals surface area (Å²) in [5, 5.41) is 0. The number of allylic oxidation sites excluding steroid dienone is 2. The number of esters is 1. The van der Waals surface area contributed by atoms with Gasteiger partial charge in [0.15, 0.2) is 5.78 Å². The Kier molecular flexibility index (Phi) is 5.83. The van der Waals surface area contributed by atoms with E-state index in [0.717, 1.165) is 56.8 Å². The van der Waals surface area contributed by atoms with E-state index >= 15 is 0 Å². The minimum absolute atomic E-state index is 0.00416. The van der Waals surface area contributed by atoms with Gasteiger partial charge in [-0.25, -0.2) is 0 Å². The van der Waals surface area contributed by atoms with Crippen LogP contribution in [0.4, 0.5) is 0 Å². The van der Waals surface area contributed by atoms with E-state index in [2.05, 4.69) is 48.5 Å². The Bertz CT molecular complexity index is 1020. The first kappa shape index (κ1) is 26.2. The minimum atomic E-state index is -0.546. The molecule has 0 aliphatic heterocycles. The van der Waals surface area contributed by atoms with Crippen LogP contribution in [-0.4, -0.2) is 24.1 Å². The molecular formula is C32H48O4. The van der Waals surface area contributed by atoms with Gasteiger partial charge in [0.25, 0.3) is 0 Å². The number of carbonyl (C=O) groups excluding carboxylic acids is 3. The Morgan fingerprint density at radius 1 is 0.917 bits per heavy atom. The second-order valence-electron chi connectivity index (χ2n) is 14.9. The summed E-state index contributed by atoms with van der Waals surface area (Å²) in [4.78, 5) is 37.7. The lowest BCUT2D eigenvalue weighted by Gasteiger charge is -2.72. The summed E-state index contributed by atoms with van der Waals surface area (Å²) in [5.74, 6) is 1.69. The fraction of sp³-hybridized carbons (Fsp3) is 0.844. The average Bonchev–Trinajstić information content (AvgIpc) is 3.09. The predicted octanol–water partition coefficient (Wildman–Crippen LogP) is 7.10. The van der Waals surface area contributed by atoms with Crippen LogP contribution in [0.5, 0.6) is 0 Å². The van der Waals surface area contributed by atoms with Crippen LogP contribution in [0, 0.1) is 50.7 Å². The smallest absolute Gasteiger partial charge is 0.302 e. The molecule has 0 heterocycles. The highest BCUT2D eigenvalue weighted by Crippen LogP contribution is 2.76. The van der Waals surface area contributed by atoms with Gasteiger partial charge in [0.1, 0.15) is 12.4 Å². The molecule has 0 aromatic heterocycles. The number of hydrogen-bond donors (Lipinski definition) is 0. The number of fused-ring (bicyclic) bond motifs is 7. The van der Waals surface area contributed by atoms with Crippen LogP contribution in [-0.2, 0) is 19.1 Å². The van der Waals surface area contributed by atoms with Crippen LogP contribution in [0.25, 0.3) is 0 Å². The fourth-order valence-electron chi connectivity index (χ4n) is 11.2. The van der Waals surface area contributed by atoms with E-state index in [0.29, 0.717) is 24.2 Å². The van der Waals surface area contributed by atoms with Gasteiger partial charge in [-0.3, -0.25) is 9.59 Å². The Hall–Kier alpha value is -1.45. The molecule has 0 amide bonds. The topological polar surface area (TPSA) is 60.4 Å². The molecule has 0 spiro atoms. The van der Waals surface area contributed by atoms with Crippen molar-refractivity contribution in [2.45, 2.75) is 119 Å². The summed E-state index contributed by atoms with van der Waals surface area (Å²) < 4.78 is 5.87. The molecule has 0 aromatic carbocycles. The molecule has 0 N–H and O–H groups in total. The highest BCUT2D eigenvalue weighted by atomic mass is 16.5. The Morgan fingerprint density at radius 2 is 1.61 bits per heavy atom. The zero-order valence-electron chi connectivity index (χ0n) is 24.0. The first-order valence-corrected chi connectivity index (χ1v) is 14.6. The van der Waals surface area contributed by atoms with Crippen molar-refractivity contribution in [2.75, 3.05) is 0 Å². The zero-order valence-corrected chi connectivity index (χ0v) is 24.0. The van der Waals surface area contributed by atoms with Crippen LogP contribution < -0.4 is 0 Å². The number of rotatable bonds is 3. The second kappa shape index (κ2) is 8.03. The maximum atomic E-state index is 13.3. The molecule has 36 heavy (non-hydrogen) atoms. The molecule has 4 heteroatoms. The average molecular weight is 497 g/mol. The van der Waals surface area contributed by atoms with Gasteiger partial charge in [-0.05, 0) is 102 Å². The van der Waals surface area contributed by atoms with Crippen LogP contribution in [0.1, 0.15) is 113 Å². The molecule has 4 saturated carbocycles. The fourth-order valence-corrected chi connectivity index (χ4v) is 11.2. The third-order valence-electron chi connectivity index (χ3n) is 13.0. The number of Topliss-reactive ketones (excluding diaryl/α,β-unsaturated/α-hetero) is 1. The van der Waals surface area contributed by atoms with Gasteiger partial charge in [0, 0.05) is 18.8 Å². The Balaban J connectivity index is 1.56. The molecule has 0 bridgehead atoms. The van der Waals surface area contributed by atoms with Crippen molar-refractivity contribution >= 4 is 18.0 Å². The van der Waals surface area contributed by atoms with Crippen LogP contribution >= 0.6 is 0 Å². The zero-order chi connectivity index (χ0) is 26.5. The molecule has 200 valence electrons. The van der Waals surface area contributed by atoms with Crippen molar-refractivity contribution in [1.82, 2.24) is 0 Å². The van der Waals surface area contributed by atoms with Crippen molar-refractivity contribution in [1.29, 1.82) is 0 Å².